The minimum Gasteiger partial charge on any atom is -0.478 e. The van der Waals surface area contributed by atoms with E-state index in [0.29, 0.717) is 0 Å². The Morgan fingerprint density at radius 3 is 2.35 bits per heavy atom. The predicted molar refractivity (Wildman–Crippen MR) is 79.0 cm³/mol. The van der Waals surface area contributed by atoms with Gasteiger partial charge in [-0.2, -0.15) is 0 Å². The molecule has 9 heteroatoms. The summed E-state index contributed by atoms with van der Waals surface area (Å²) in [5.74, 6) is -2.51. The highest BCUT2D eigenvalue weighted by atomic mass is 16.6. The highest BCUT2D eigenvalue weighted by Crippen LogP contribution is 2.39. The van der Waals surface area contributed by atoms with Gasteiger partial charge in [0, 0.05) is 17.8 Å². The van der Waals surface area contributed by atoms with Gasteiger partial charge in [0.15, 0.2) is 0 Å². The number of hydrogen-bond donors (Lipinski definition) is 2. The van der Waals surface area contributed by atoms with Gasteiger partial charge in [0.2, 0.25) is 0 Å². The van der Waals surface area contributed by atoms with Crippen LogP contribution in [0.25, 0.3) is 0 Å². The topological polar surface area (TPSA) is 136 Å². The van der Waals surface area contributed by atoms with Crippen LogP contribution >= 0.6 is 0 Å². The molecule has 1 aromatic carbocycles. The molecule has 1 aliphatic rings. The van der Waals surface area contributed by atoms with E-state index in [4.69, 9.17) is 0 Å². The lowest BCUT2D eigenvalue weighted by Crippen LogP contribution is -2.30. The molecular formula is C14H13N3O6. The second-order valence-electron chi connectivity index (χ2n) is 5.02. The van der Waals surface area contributed by atoms with Gasteiger partial charge in [-0.05, 0) is 19.4 Å². The monoisotopic (exact) mass is 319 g/mol. The van der Waals surface area contributed by atoms with E-state index in [1.807, 2.05) is 0 Å². The number of hydrogen-bond acceptors (Lipinski definition) is 6. The Morgan fingerprint density at radius 1 is 1.17 bits per heavy atom. The summed E-state index contributed by atoms with van der Waals surface area (Å²) in [6.07, 6.45) is 0. The quantitative estimate of drug-likeness (QED) is 0.641. The van der Waals surface area contributed by atoms with Crippen LogP contribution < -0.4 is 5.32 Å². The number of dihydropyridines is 1. The van der Waals surface area contributed by atoms with Crippen molar-refractivity contribution in [2.45, 2.75) is 19.8 Å². The average molecular weight is 319 g/mol. The number of nitro benzene ring substituents is 1. The van der Waals surface area contributed by atoms with Crippen molar-refractivity contribution in [1.29, 1.82) is 0 Å². The van der Waals surface area contributed by atoms with Crippen LogP contribution in [0.15, 0.2) is 46.9 Å². The number of nitrogens with one attached hydrogen (secondary N) is 1. The molecule has 0 spiro atoms. The average Bonchev–Trinajstić information content (AvgIpc) is 2.45. The van der Waals surface area contributed by atoms with Gasteiger partial charge in [-0.25, -0.2) is 4.79 Å². The summed E-state index contributed by atoms with van der Waals surface area (Å²) < 4.78 is 0. The Bertz CT molecular complexity index is 744. The van der Waals surface area contributed by atoms with E-state index in [1.165, 1.54) is 32.0 Å². The van der Waals surface area contributed by atoms with Gasteiger partial charge in [-0.3, -0.25) is 20.2 Å². The fourth-order valence-corrected chi connectivity index (χ4v) is 2.65. The summed E-state index contributed by atoms with van der Waals surface area (Å²) in [4.78, 5) is 32.6. The summed E-state index contributed by atoms with van der Waals surface area (Å²) in [7, 11) is 0. The van der Waals surface area contributed by atoms with Crippen LogP contribution in [0.5, 0.6) is 0 Å². The van der Waals surface area contributed by atoms with Gasteiger partial charge in [0.05, 0.1) is 21.1 Å². The first-order valence-corrected chi connectivity index (χ1v) is 6.54. The van der Waals surface area contributed by atoms with Gasteiger partial charge in [-0.15, -0.1) is 0 Å². The van der Waals surface area contributed by atoms with E-state index in [9.17, 15) is 30.1 Å². The van der Waals surface area contributed by atoms with Crippen molar-refractivity contribution < 1.29 is 19.7 Å². The lowest BCUT2D eigenvalue weighted by Gasteiger charge is -2.25. The molecule has 1 atom stereocenters. The van der Waals surface area contributed by atoms with E-state index < -0.39 is 21.7 Å². The van der Waals surface area contributed by atoms with E-state index in [-0.39, 0.29) is 33.9 Å². The molecule has 0 saturated heterocycles. The highest BCUT2D eigenvalue weighted by Gasteiger charge is 2.40. The van der Waals surface area contributed by atoms with Crippen LogP contribution in [-0.2, 0) is 4.79 Å². The van der Waals surface area contributed by atoms with Gasteiger partial charge < -0.3 is 10.4 Å². The molecule has 0 aromatic heterocycles. The minimum atomic E-state index is -1.32. The number of carboxylic acid groups (broad SMARTS) is 1. The molecule has 120 valence electrons. The van der Waals surface area contributed by atoms with Crippen LogP contribution in [0.1, 0.15) is 25.3 Å². The molecule has 0 saturated carbocycles. The molecule has 0 fully saturated rings. The largest absolute Gasteiger partial charge is 0.478 e. The zero-order chi connectivity index (χ0) is 17.3. The zero-order valence-corrected chi connectivity index (χ0v) is 12.3. The van der Waals surface area contributed by atoms with Crippen LogP contribution in [0.4, 0.5) is 5.69 Å². The number of aliphatic carboxylic acids is 1. The standard InChI is InChI=1S/C14H13N3O6/c1-7-11(14(18)19)12(13(17(22)23)8(2)15-7)9-4-3-5-10(6-9)16(20)21/h3-6,12,15H,1-2H3,(H,18,19). The first-order chi connectivity index (χ1) is 10.7. The first-order valence-electron chi connectivity index (χ1n) is 6.54. The number of carboxylic acids is 1. The predicted octanol–water partition coefficient (Wildman–Crippen LogP) is 2.15. The summed E-state index contributed by atoms with van der Waals surface area (Å²) in [5, 5.41) is 34.4. The smallest absolute Gasteiger partial charge is 0.334 e. The number of allylic oxidation sites excluding steroid dienone is 3. The van der Waals surface area contributed by atoms with Crippen molar-refractivity contribution in [3.8, 4) is 0 Å². The summed E-state index contributed by atoms with van der Waals surface area (Å²) >= 11 is 0. The third-order valence-electron chi connectivity index (χ3n) is 3.57. The fourth-order valence-electron chi connectivity index (χ4n) is 2.65. The molecule has 0 radical (unpaired) electrons. The van der Waals surface area contributed by atoms with Crippen LogP contribution in [0.2, 0.25) is 0 Å². The summed E-state index contributed by atoms with van der Waals surface area (Å²) in [6.45, 7) is 2.96. The second-order valence-corrected chi connectivity index (χ2v) is 5.02. The Kier molecular flexibility index (Phi) is 4.12. The van der Waals surface area contributed by atoms with E-state index in [0.717, 1.165) is 6.07 Å². The number of carbonyl (C=O) groups is 1. The van der Waals surface area contributed by atoms with E-state index >= 15 is 0 Å². The Morgan fingerprint density at radius 2 is 1.83 bits per heavy atom. The second kappa shape index (κ2) is 5.87. The van der Waals surface area contributed by atoms with Crippen LogP contribution in [0, 0.1) is 20.2 Å². The molecule has 1 heterocycles. The van der Waals surface area contributed by atoms with Crippen molar-refractivity contribution in [1.82, 2.24) is 5.32 Å². The maximum absolute atomic E-state index is 11.6. The molecule has 9 nitrogen and oxygen atoms in total. The lowest BCUT2D eigenvalue weighted by atomic mass is 9.84. The molecule has 1 unspecified atom stereocenters. The molecular weight excluding hydrogens is 306 g/mol. The number of non-ortho nitro benzene ring substituents is 1. The number of nitro groups is 2. The number of benzene rings is 1. The normalized spacial score (nSPS) is 17.7. The van der Waals surface area contributed by atoms with Gasteiger partial charge in [0.25, 0.3) is 11.4 Å². The van der Waals surface area contributed by atoms with Gasteiger partial charge in [0.1, 0.15) is 5.92 Å². The minimum absolute atomic E-state index is 0.184. The maximum Gasteiger partial charge on any atom is 0.334 e. The van der Waals surface area contributed by atoms with Crippen LogP contribution in [-0.4, -0.2) is 20.9 Å². The Balaban J connectivity index is 2.72. The van der Waals surface area contributed by atoms with Crippen molar-refractivity contribution in [3.63, 3.8) is 0 Å². The molecule has 2 rings (SSSR count). The van der Waals surface area contributed by atoms with Crippen molar-refractivity contribution in [2.75, 3.05) is 0 Å². The maximum atomic E-state index is 11.6. The Labute approximate surface area is 130 Å². The van der Waals surface area contributed by atoms with Crippen molar-refractivity contribution in [3.05, 3.63) is 72.7 Å². The van der Waals surface area contributed by atoms with Crippen molar-refractivity contribution >= 4 is 11.7 Å². The van der Waals surface area contributed by atoms with E-state index in [1.54, 1.807) is 0 Å². The zero-order valence-electron chi connectivity index (χ0n) is 12.3. The SMILES string of the molecule is CC1=C(C(=O)O)C(c2cccc([N+](=O)[O-])c2)C([N+](=O)[O-])=C(C)N1. The van der Waals surface area contributed by atoms with Crippen LogP contribution in [0.3, 0.4) is 0 Å². The lowest BCUT2D eigenvalue weighted by molar-refractivity contribution is -0.431. The molecule has 0 bridgehead atoms. The van der Waals surface area contributed by atoms with Crippen molar-refractivity contribution in [2.24, 2.45) is 0 Å². The number of nitrogens with zero attached hydrogens (tertiary/aromatic N) is 2. The van der Waals surface area contributed by atoms with Gasteiger partial charge in [-0.1, -0.05) is 12.1 Å². The summed E-state index contributed by atoms with van der Waals surface area (Å²) in [5.41, 5.74) is -0.158. The van der Waals surface area contributed by atoms with Gasteiger partial charge >= 0.3 is 5.97 Å². The summed E-state index contributed by atoms with van der Waals surface area (Å²) in [6, 6.07) is 5.21. The first kappa shape index (κ1) is 16.1. The Hall–Kier alpha value is -3.23. The highest BCUT2D eigenvalue weighted by molar-refractivity contribution is 5.90. The molecule has 1 aliphatic heterocycles. The fraction of sp³-hybridized carbons (Fsp3) is 0.214. The molecule has 1 aromatic rings. The number of rotatable bonds is 4. The third-order valence-corrected chi connectivity index (χ3v) is 3.57. The van der Waals surface area contributed by atoms with E-state index in [2.05, 4.69) is 5.32 Å². The molecule has 23 heavy (non-hydrogen) atoms. The molecule has 0 aliphatic carbocycles. The third kappa shape index (κ3) is 2.89. The molecule has 2 N–H and O–H groups in total. The molecule has 0 amide bonds.